The summed E-state index contributed by atoms with van der Waals surface area (Å²) >= 11 is 2.03. The molecule has 2 saturated heterocycles. The van der Waals surface area contributed by atoms with Gasteiger partial charge < -0.3 is 10.4 Å². The Bertz CT molecular complexity index is 229. The molecule has 2 fully saturated rings. The summed E-state index contributed by atoms with van der Waals surface area (Å²) < 4.78 is 0. The molecular weight excluding hydrogens is 210 g/mol. The molecule has 3 unspecified atom stereocenters. The van der Waals surface area contributed by atoms with E-state index in [9.17, 15) is 4.79 Å². The molecule has 2 rings (SSSR count). The Labute approximate surface area is 95.0 Å². The van der Waals surface area contributed by atoms with Crippen molar-refractivity contribution in [2.24, 2.45) is 11.8 Å². The molecule has 0 spiro atoms. The fraction of sp³-hybridized carbons (Fsp3) is 0.909. The maximum atomic E-state index is 10.7. The first-order chi connectivity index (χ1) is 7.25. The summed E-state index contributed by atoms with van der Waals surface area (Å²) in [5.74, 6) is 3.09. The van der Waals surface area contributed by atoms with Gasteiger partial charge in [0.25, 0.3) is 0 Å². The van der Waals surface area contributed by atoms with E-state index < -0.39 is 5.97 Å². The van der Waals surface area contributed by atoms with Crippen LogP contribution in [0.3, 0.4) is 0 Å². The van der Waals surface area contributed by atoms with Crippen LogP contribution in [-0.2, 0) is 4.79 Å². The summed E-state index contributed by atoms with van der Waals surface area (Å²) in [5, 5.41) is 12.4. The Morgan fingerprint density at radius 2 is 2.33 bits per heavy atom. The minimum Gasteiger partial charge on any atom is -0.481 e. The van der Waals surface area contributed by atoms with Gasteiger partial charge in [-0.15, -0.1) is 0 Å². The highest BCUT2D eigenvalue weighted by molar-refractivity contribution is 7.99. The molecular formula is C11H19NO2S. The van der Waals surface area contributed by atoms with Gasteiger partial charge in [-0.3, -0.25) is 4.79 Å². The zero-order chi connectivity index (χ0) is 10.7. The van der Waals surface area contributed by atoms with Gasteiger partial charge in [-0.25, -0.2) is 0 Å². The number of nitrogens with one attached hydrogen (secondary N) is 1. The van der Waals surface area contributed by atoms with Crippen LogP contribution >= 0.6 is 11.8 Å². The molecule has 2 N–H and O–H groups in total. The van der Waals surface area contributed by atoms with Gasteiger partial charge in [0.15, 0.2) is 0 Å². The molecule has 2 aliphatic rings. The third-order valence-corrected chi connectivity index (χ3v) is 4.73. The van der Waals surface area contributed by atoms with E-state index in [2.05, 4.69) is 5.32 Å². The molecule has 2 aliphatic heterocycles. The van der Waals surface area contributed by atoms with Gasteiger partial charge >= 0.3 is 5.97 Å². The average Bonchev–Trinajstić information content (AvgIpc) is 2.69. The maximum Gasteiger partial charge on any atom is 0.303 e. The van der Waals surface area contributed by atoms with Crippen LogP contribution in [0.2, 0.25) is 0 Å². The third kappa shape index (κ3) is 3.11. The van der Waals surface area contributed by atoms with Crippen molar-refractivity contribution in [1.82, 2.24) is 5.32 Å². The lowest BCUT2D eigenvalue weighted by Gasteiger charge is -2.33. The highest BCUT2D eigenvalue weighted by atomic mass is 32.2. The van der Waals surface area contributed by atoms with Crippen LogP contribution in [-0.4, -0.2) is 35.2 Å². The molecule has 3 nitrogen and oxygen atoms in total. The summed E-state index contributed by atoms with van der Waals surface area (Å²) in [5.41, 5.74) is 0. The first-order valence-electron chi connectivity index (χ1n) is 5.78. The van der Waals surface area contributed by atoms with Crippen molar-refractivity contribution in [3.8, 4) is 0 Å². The van der Waals surface area contributed by atoms with Gasteiger partial charge in [-0.1, -0.05) is 0 Å². The van der Waals surface area contributed by atoms with Crippen LogP contribution in [0.5, 0.6) is 0 Å². The molecule has 4 heteroatoms. The van der Waals surface area contributed by atoms with Crippen LogP contribution < -0.4 is 5.32 Å². The minimum absolute atomic E-state index is 0.359. The number of rotatable bonds is 3. The van der Waals surface area contributed by atoms with Crippen molar-refractivity contribution in [2.75, 3.05) is 18.1 Å². The molecule has 0 aromatic rings. The normalized spacial score (nSPS) is 36.7. The van der Waals surface area contributed by atoms with Gasteiger partial charge in [0.1, 0.15) is 0 Å². The lowest BCUT2D eigenvalue weighted by Crippen LogP contribution is -2.43. The van der Waals surface area contributed by atoms with E-state index in [1.807, 2.05) is 11.8 Å². The Morgan fingerprint density at radius 1 is 1.47 bits per heavy atom. The zero-order valence-electron chi connectivity index (χ0n) is 8.95. The predicted octanol–water partition coefficient (Wildman–Crippen LogP) is 1.58. The monoisotopic (exact) mass is 229 g/mol. The van der Waals surface area contributed by atoms with E-state index in [0.29, 0.717) is 18.4 Å². The SMILES string of the molecule is O=C(O)CC1CCNC(C2CCSC2)C1. The first kappa shape index (κ1) is 11.3. The van der Waals surface area contributed by atoms with Crippen LogP contribution in [0.15, 0.2) is 0 Å². The summed E-state index contributed by atoms with van der Waals surface area (Å²) in [6.07, 6.45) is 3.76. The highest BCUT2D eigenvalue weighted by Gasteiger charge is 2.30. The number of carboxylic acid groups (broad SMARTS) is 1. The molecule has 0 aromatic carbocycles. The summed E-state index contributed by atoms with van der Waals surface area (Å²) in [4.78, 5) is 10.7. The molecule has 86 valence electrons. The van der Waals surface area contributed by atoms with Gasteiger partial charge in [0.05, 0.1) is 0 Å². The molecule has 0 bridgehead atoms. The number of thioether (sulfide) groups is 1. The number of aliphatic carboxylic acids is 1. The number of hydrogen-bond acceptors (Lipinski definition) is 3. The Kier molecular flexibility index (Phi) is 3.92. The fourth-order valence-corrected chi connectivity index (χ4v) is 4.03. The van der Waals surface area contributed by atoms with Crippen molar-refractivity contribution in [1.29, 1.82) is 0 Å². The quantitative estimate of drug-likeness (QED) is 0.771. The second kappa shape index (κ2) is 5.21. The molecule has 0 amide bonds. The lowest BCUT2D eigenvalue weighted by atomic mass is 9.84. The van der Waals surface area contributed by atoms with E-state index in [-0.39, 0.29) is 0 Å². The third-order valence-electron chi connectivity index (χ3n) is 3.54. The molecule has 3 atom stereocenters. The largest absolute Gasteiger partial charge is 0.481 e. The second-order valence-corrected chi connectivity index (χ2v) is 5.82. The molecule has 15 heavy (non-hydrogen) atoms. The van der Waals surface area contributed by atoms with Crippen molar-refractivity contribution in [3.05, 3.63) is 0 Å². The van der Waals surface area contributed by atoms with E-state index in [1.165, 1.54) is 17.9 Å². The fourth-order valence-electron chi connectivity index (χ4n) is 2.69. The molecule has 0 aliphatic carbocycles. The van der Waals surface area contributed by atoms with Crippen molar-refractivity contribution >= 4 is 17.7 Å². The number of piperidine rings is 1. The second-order valence-electron chi connectivity index (χ2n) is 4.67. The Hall–Kier alpha value is -0.220. The van der Waals surface area contributed by atoms with Crippen LogP contribution in [0.25, 0.3) is 0 Å². The molecule has 0 saturated carbocycles. The molecule has 0 radical (unpaired) electrons. The van der Waals surface area contributed by atoms with E-state index in [0.717, 1.165) is 25.3 Å². The first-order valence-corrected chi connectivity index (χ1v) is 6.94. The van der Waals surface area contributed by atoms with Gasteiger partial charge in [-0.2, -0.15) is 11.8 Å². The van der Waals surface area contributed by atoms with Crippen molar-refractivity contribution in [3.63, 3.8) is 0 Å². The topological polar surface area (TPSA) is 49.3 Å². The summed E-state index contributed by atoms with van der Waals surface area (Å²) in [7, 11) is 0. The van der Waals surface area contributed by atoms with Crippen molar-refractivity contribution in [2.45, 2.75) is 31.7 Å². The van der Waals surface area contributed by atoms with Gasteiger partial charge in [-0.05, 0) is 49.1 Å². The van der Waals surface area contributed by atoms with Crippen molar-refractivity contribution < 1.29 is 9.90 Å². The highest BCUT2D eigenvalue weighted by Crippen LogP contribution is 2.32. The summed E-state index contributed by atoms with van der Waals surface area (Å²) in [6, 6.07) is 0.582. The lowest BCUT2D eigenvalue weighted by molar-refractivity contribution is -0.138. The minimum atomic E-state index is -0.638. The Balaban J connectivity index is 1.83. The predicted molar refractivity (Wildman–Crippen MR) is 62.2 cm³/mol. The van der Waals surface area contributed by atoms with E-state index in [4.69, 9.17) is 5.11 Å². The number of hydrogen-bond donors (Lipinski definition) is 2. The van der Waals surface area contributed by atoms with Crippen LogP contribution in [0.4, 0.5) is 0 Å². The standard InChI is InChI=1S/C11H19NO2S/c13-11(14)6-8-1-3-12-10(5-8)9-2-4-15-7-9/h8-10,12H,1-7H2,(H,13,14). The molecule has 2 heterocycles. The van der Waals surface area contributed by atoms with E-state index >= 15 is 0 Å². The van der Waals surface area contributed by atoms with Gasteiger partial charge in [0, 0.05) is 12.5 Å². The average molecular weight is 229 g/mol. The zero-order valence-corrected chi connectivity index (χ0v) is 9.76. The maximum absolute atomic E-state index is 10.7. The Morgan fingerprint density at radius 3 is 3.00 bits per heavy atom. The van der Waals surface area contributed by atoms with Gasteiger partial charge in [0.2, 0.25) is 0 Å². The summed E-state index contributed by atoms with van der Waals surface area (Å²) in [6.45, 7) is 1.00. The molecule has 0 aromatic heterocycles. The van der Waals surface area contributed by atoms with E-state index in [1.54, 1.807) is 0 Å². The smallest absolute Gasteiger partial charge is 0.303 e. The number of carbonyl (C=O) groups is 1. The van der Waals surface area contributed by atoms with Crippen LogP contribution in [0.1, 0.15) is 25.7 Å². The van der Waals surface area contributed by atoms with Crippen LogP contribution in [0, 0.1) is 11.8 Å². The number of carboxylic acids is 1.